The van der Waals surface area contributed by atoms with Crippen LogP contribution in [0.3, 0.4) is 0 Å². The molecule has 0 aromatic rings. The average molecular weight is 366 g/mol. The molecule has 0 aliphatic heterocycles. The van der Waals surface area contributed by atoms with Gasteiger partial charge in [-0.1, -0.05) is 0 Å². The maximum Gasteiger partial charge on any atom is 0.349 e. The van der Waals surface area contributed by atoms with E-state index in [-0.39, 0.29) is 18.3 Å². The van der Waals surface area contributed by atoms with Gasteiger partial charge >= 0.3 is 5.97 Å². The molecular formula is C19H30N2O5. The van der Waals surface area contributed by atoms with E-state index in [0.29, 0.717) is 26.1 Å². The molecule has 1 aliphatic carbocycles. The number of methoxy groups -OCH3 is 3. The summed E-state index contributed by atoms with van der Waals surface area (Å²) in [4.78, 5) is 12.3. The first-order valence-corrected chi connectivity index (χ1v) is 8.91. The lowest BCUT2D eigenvalue weighted by molar-refractivity contribution is -0.139. The molecule has 0 fully saturated rings. The Bertz CT molecular complexity index is 537. The van der Waals surface area contributed by atoms with Crippen molar-refractivity contribution in [2.45, 2.75) is 38.2 Å². The number of nitriles is 1. The predicted octanol–water partition coefficient (Wildman–Crippen LogP) is 2.10. The molecule has 1 rings (SSSR count). The fraction of sp³-hybridized carbons (Fsp3) is 0.684. The summed E-state index contributed by atoms with van der Waals surface area (Å²) < 4.78 is 20.5. The molecule has 0 spiro atoms. The van der Waals surface area contributed by atoms with Crippen molar-refractivity contribution in [2.24, 2.45) is 0 Å². The standard InChI is InChI=1S/C19H30N2O5/c1-23-10-5-9-21-16-7-4-6-15(12-16)18(13-20)19(22)26-11-8-17(25-3)14-24-2/h12,17,21H,4-11,14H2,1-3H3/b18-15-. The van der Waals surface area contributed by atoms with Crippen molar-refractivity contribution in [2.75, 3.05) is 47.7 Å². The quantitative estimate of drug-likeness (QED) is 0.245. The molecule has 1 N–H and O–H groups in total. The smallest absolute Gasteiger partial charge is 0.349 e. The molecule has 0 saturated carbocycles. The number of hydrogen-bond donors (Lipinski definition) is 1. The van der Waals surface area contributed by atoms with Gasteiger partial charge in [0.2, 0.25) is 0 Å². The van der Waals surface area contributed by atoms with Crippen molar-refractivity contribution >= 4 is 5.97 Å². The number of rotatable bonds is 12. The van der Waals surface area contributed by atoms with Crippen LogP contribution in [0.1, 0.15) is 32.1 Å². The summed E-state index contributed by atoms with van der Waals surface area (Å²) in [6.45, 7) is 2.12. The second-order valence-electron chi connectivity index (χ2n) is 6.05. The predicted molar refractivity (Wildman–Crippen MR) is 97.3 cm³/mol. The maximum absolute atomic E-state index is 12.3. The Kier molecular flexibility index (Phi) is 11.4. The van der Waals surface area contributed by atoms with Gasteiger partial charge in [0.1, 0.15) is 11.6 Å². The summed E-state index contributed by atoms with van der Waals surface area (Å²) in [5, 5.41) is 12.7. The third kappa shape index (κ3) is 8.00. The molecule has 7 heteroatoms. The number of hydrogen-bond acceptors (Lipinski definition) is 7. The van der Waals surface area contributed by atoms with Crippen LogP contribution >= 0.6 is 0 Å². The molecule has 1 aliphatic rings. The fourth-order valence-electron chi connectivity index (χ4n) is 2.68. The number of ether oxygens (including phenoxy) is 4. The summed E-state index contributed by atoms with van der Waals surface area (Å²) in [6.07, 6.45) is 5.70. The molecule has 0 aromatic carbocycles. The Morgan fingerprint density at radius 1 is 1.27 bits per heavy atom. The molecular weight excluding hydrogens is 336 g/mol. The minimum absolute atomic E-state index is 0.0848. The van der Waals surface area contributed by atoms with Gasteiger partial charge in [-0.05, 0) is 37.3 Å². The van der Waals surface area contributed by atoms with Crippen LogP contribution in [-0.2, 0) is 23.7 Å². The Hall–Kier alpha value is -1.88. The lowest BCUT2D eigenvalue weighted by Crippen LogP contribution is -2.21. The third-order valence-corrected chi connectivity index (χ3v) is 4.11. The van der Waals surface area contributed by atoms with Crippen LogP contribution in [0.5, 0.6) is 0 Å². The second-order valence-corrected chi connectivity index (χ2v) is 6.05. The number of carbonyl (C=O) groups is 1. The van der Waals surface area contributed by atoms with Crippen molar-refractivity contribution in [1.29, 1.82) is 5.26 Å². The van der Waals surface area contributed by atoms with Crippen LogP contribution in [0.15, 0.2) is 22.9 Å². The molecule has 0 aromatic heterocycles. The average Bonchev–Trinajstić information content (AvgIpc) is 2.65. The Morgan fingerprint density at radius 3 is 2.73 bits per heavy atom. The van der Waals surface area contributed by atoms with Gasteiger partial charge in [-0.15, -0.1) is 0 Å². The third-order valence-electron chi connectivity index (χ3n) is 4.11. The molecule has 0 saturated heterocycles. The SMILES string of the molecule is COCCCNC1=C/C(=C(/C#N)C(=O)OCCC(COC)OC)CCC1. The molecule has 7 nitrogen and oxygen atoms in total. The van der Waals surface area contributed by atoms with Crippen LogP contribution in [-0.4, -0.2) is 59.8 Å². The molecule has 0 bridgehead atoms. The monoisotopic (exact) mass is 366 g/mol. The van der Waals surface area contributed by atoms with Crippen molar-refractivity contribution in [1.82, 2.24) is 5.32 Å². The van der Waals surface area contributed by atoms with E-state index in [9.17, 15) is 10.1 Å². The number of nitrogens with zero attached hydrogens (tertiary/aromatic N) is 1. The lowest BCUT2D eigenvalue weighted by Gasteiger charge is -2.18. The minimum atomic E-state index is -0.577. The van der Waals surface area contributed by atoms with Gasteiger partial charge in [-0.3, -0.25) is 0 Å². The van der Waals surface area contributed by atoms with Gasteiger partial charge in [-0.2, -0.15) is 5.26 Å². The fourth-order valence-corrected chi connectivity index (χ4v) is 2.68. The number of nitrogens with one attached hydrogen (secondary N) is 1. The molecule has 1 unspecified atom stereocenters. The molecule has 26 heavy (non-hydrogen) atoms. The molecule has 0 heterocycles. The maximum atomic E-state index is 12.3. The number of esters is 1. The van der Waals surface area contributed by atoms with Gasteiger partial charge in [0.25, 0.3) is 0 Å². The van der Waals surface area contributed by atoms with E-state index >= 15 is 0 Å². The summed E-state index contributed by atoms with van der Waals surface area (Å²) in [5.74, 6) is -0.577. The van der Waals surface area contributed by atoms with E-state index in [0.717, 1.165) is 37.1 Å². The lowest BCUT2D eigenvalue weighted by atomic mass is 9.95. The van der Waals surface area contributed by atoms with Crippen molar-refractivity contribution in [3.05, 3.63) is 22.9 Å². The minimum Gasteiger partial charge on any atom is -0.461 e. The van der Waals surface area contributed by atoms with Crippen LogP contribution in [0.4, 0.5) is 0 Å². The molecule has 0 amide bonds. The van der Waals surface area contributed by atoms with Gasteiger partial charge in [-0.25, -0.2) is 4.79 Å². The zero-order chi connectivity index (χ0) is 19.2. The second kappa shape index (κ2) is 13.3. The summed E-state index contributed by atoms with van der Waals surface area (Å²) in [7, 11) is 4.85. The largest absolute Gasteiger partial charge is 0.461 e. The molecule has 146 valence electrons. The molecule has 0 radical (unpaired) electrons. The number of allylic oxidation sites excluding steroid dienone is 3. The van der Waals surface area contributed by atoms with Crippen LogP contribution < -0.4 is 5.32 Å². The Labute approximate surface area is 155 Å². The Morgan fingerprint density at radius 2 is 2.08 bits per heavy atom. The topological polar surface area (TPSA) is 89.8 Å². The van der Waals surface area contributed by atoms with Crippen molar-refractivity contribution in [3.63, 3.8) is 0 Å². The van der Waals surface area contributed by atoms with E-state index in [1.807, 2.05) is 12.1 Å². The summed E-state index contributed by atoms with van der Waals surface area (Å²) >= 11 is 0. The highest BCUT2D eigenvalue weighted by Crippen LogP contribution is 2.24. The van der Waals surface area contributed by atoms with Crippen molar-refractivity contribution < 1.29 is 23.7 Å². The zero-order valence-electron chi connectivity index (χ0n) is 16.0. The van der Waals surface area contributed by atoms with Gasteiger partial charge < -0.3 is 24.3 Å². The first-order chi connectivity index (χ1) is 12.7. The first kappa shape index (κ1) is 22.2. The van der Waals surface area contributed by atoms with E-state index < -0.39 is 5.97 Å². The highest BCUT2D eigenvalue weighted by atomic mass is 16.5. The van der Waals surface area contributed by atoms with E-state index in [1.54, 1.807) is 21.3 Å². The van der Waals surface area contributed by atoms with E-state index in [2.05, 4.69) is 5.32 Å². The summed E-state index contributed by atoms with van der Waals surface area (Å²) in [5.41, 5.74) is 1.86. The van der Waals surface area contributed by atoms with Gasteiger partial charge in [0.15, 0.2) is 0 Å². The van der Waals surface area contributed by atoms with Crippen molar-refractivity contribution in [3.8, 4) is 6.07 Å². The number of carbonyl (C=O) groups excluding carboxylic acids is 1. The van der Waals surface area contributed by atoms with Gasteiger partial charge in [0.05, 0.1) is 19.3 Å². The van der Waals surface area contributed by atoms with Crippen LogP contribution in [0.2, 0.25) is 0 Å². The highest BCUT2D eigenvalue weighted by Gasteiger charge is 2.19. The van der Waals surface area contributed by atoms with Gasteiger partial charge in [0, 0.05) is 46.6 Å². The first-order valence-electron chi connectivity index (χ1n) is 8.91. The Balaban J connectivity index is 2.62. The normalized spacial score (nSPS) is 17.1. The summed E-state index contributed by atoms with van der Waals surface area (Å²) in [6, 6.07) is 2.00. The molecule has 1 atom stereocenters. The van der Waals surface area contributed by atoms with Crippen LogP contribution in [0.25, 0.3) is 0 Å². The van der Waals surface area contributed by atoms with E-state index in [1.165, 1.54) is 0 Å². The zero-order valence-corrected chi connectivity index (χ0v) is 16.0. The highest BCUT2D eigenvalue weighted by molar-refractivity contribution is 5.94. The van der Waals surface area contributed by atoms with Crippen LogP contribution in [0, 0.1) is 11.3 Å². The van der Waals surface area contributed by atoms with E-state index in [4.69, 9.17) is 18.9 Å².